The van der Waals surface area contributed by atoms with Crippen LogP contribution >= 0.6 is 23.1 Å². The zero-order valence-corrected chi connectivity index (χ0v) is 20.3. The molecule has 2 heterocycles. The van der Waals surface area contributed by atoms with Crippen LogP contribution in [0.5, 0.6) is 5.75 Å². The number of nitrogens with one attached hydrogen (secondary N) is 1. The van der Waals surface area contributed by atoms with Crippen LogP contribution in [-0.2, 0) is 4.79 Å². The molecule has 1 unspecified atom stereocenters. The van der Waals surface area contributed by atoms with Gasteiger partial charge in [0.2, 0.25) is 5.91 Å². The largest absolute Gasteiger partial charge is 0.497 e. The van der Waals surface area contributed by atoms with Gasteiger partial charge >= 0.3 is 0 Å². The van der Waals surface area contributed by atoms with E-state index in [2.05, 4.69) is 16.4 Å². The highest BCUT2D eigenvalue weighted by molar-refractivity contribution is 8.00. The van der Waals surface area contributed by atoms with Crippen LogP contribution in [0.25, 0.3) is 22.5 Å². The number of ether oxygens (including phenoxy) is 1. The molecule has 1 N–H and O–H groups in total. The van der Waals surface area contributed by atoms with Crippen LogP contribution < -0.4 is 10.1 Å². The predicted octanol–water partition coefficient (Wildman–Crippen LogP) is 6.26. The Bertz CT molecular complexity index is 1310. The topological polar surface area (TPSA) is 87.9 Å². The molecule has 0 bridgehead atoms. The molecular formula is C26H22N4O2S2. The molecule has 6 nitrogen and oxygen atoms in total. The first kappa shape index (κ1) is 23.5. The molecule has 0 aliphatic carbocycles. The normalized spacial score (nSPS) is 11.4. The van der Waals surface area contributed by atoms with Gasteiger partial charge in [0.25, 0.3) is 0 Å². The van der Waals surface area contributed by atoms with Crippen molar-refractivity contribution in [3.05, 3.63) is 77.7 Å². The first-order valence-corrected chi connectivity index (χ1v) is 12.4. The van der Waals surface area contributed by atoms with E-state index in [1.165, 1.54) is 23.1 Å². The molecule has 34 heavy (non-hydrogen) atoms. The minimum atomic E-state index is -0.421. The van der Waals surface area contributed by atoms with Crippen molar-refractivity contribution in [3.8, 4) is 34.3 Å². The highest BCUT2D eigenvalue weighted by atomic mass is 32.2. The molecule has 0 radical (unpaired) electrons. The van der Waals surface area contributed by atoms with E-state index < -0.39 is 5.25 Å². The molecule has 8 heteroatoms. The molecular weight excluding hydrogens is 464 g/mol. The molecule has 1 amide bonds. The smallest absolute Gasteiger partial charge is 0.239 e. The molecule has 0 fully saturated rings. The summed E-state index contributed by atoms with van der Waals surface area (Å²) in [4.78, 5) is 22.3. The van der Waals surface area contributed by atoms with Crippen LogP contribution in [0.1, 0.15) is 18.9 Å². The maximum atomic E-state index is 13.0. The van der Waals surface area contributed by atoms with Gasteiger partial charge in [-0.15, -0.1) is 11.3 Å². The number of thioether (sulfide) groups is 1. The van der Waals surface area contributed by atoms with E-state index in [0.29, 0.717) is 22.1 Å². The predicted molar refractivity (Wildman–Crippen MR) is 137 cm³/mol. The molecule has 0 saturated carbocycles. The standard InChI is InChI=1S/C26H22N4O2S2/c1-3-23(24(31)30-26-29-22(16-33-26)17-7-5-4-6-8-17)34-25-19(15-27)11-14-21(28-25)18-9-12-20(32-2)13-10-18/h4-14,16,23H,3H2,1-2H3,(H,29,30,31). The second kappa shape index (κ2) is 11.0. The van der Waals surface area contributed by atoms with Crippen molar-refractivity contribution in [2.24, 2.45) is 0 Å². The lowest BCUT2D eigenvalue weighted by Crippen LogP contribution is -2.24. The van der Waals surface area contributed by atoms with Crippen molar-refractivity contribution in [1.82, 2.24) is 9.97 Å². The molecule has 170 valence electrons. The molecule has 2 aromatic heterocycles. The number of anilines is 1. The third kappa shape index (κ3) is 5.45. The number of rotatable bonds is 8. The van der Waals surface area contributed by atoms with E-state index in [1.54, 1.807) is 13.2 Å². The maximum absolute atomic E-state index is 13.0. The highest BCUT2D eigenvalue weighted by Gasteiger charge is 2.22. The summed E-state index contributed by atoms with van der Waals surface area (Å²) in [7, 11) is 1.62. The Morgan fingerprint density at radius 3 is 2.47 bits per heavy atom. The van der Waals surface area contributed by atoms with E-state index in [0.717, 1.165) is 28.3 Å². The minimum absolute atomic E-state index is 0.165. The Hall–Kier alpha value is -3.67. The van der Waals surface area contributed by atoms with Gasteiger partial charge in [0.05, 0.1) is 29.3 Å². The Morgan fingerprint density at radius 1 is 1.06 bits per heavy atom. The summed E-state index contributed by atoms with van der Waals surface area (Å²) < 4.78 is 5.22. The lowest BCUT2D eigenvalue weighted by molar-refractivity contribution is -0.115. The van der Waals surface area contributed by atoms with E-state index in [1.807, 2.05) is 73.0 Å². The quantitative estimate of drug-likeness (QED) is 0.296. The maximum Gasteiger partial charge on any atom is 0.239 e. The Labute approximate surface area is 206 Å². The summed E-state index contributed by atoms with van der Waals surface area (Å²) in [6, 6.07) is 23.1. The number of nitriles is 1. The zero-order valence-electron chi connectivity index (χ0n) is 18.7. The van der Waals surface area contributed by atoms with Gasteiger partial charge in [0.1, 0.15) is 16.8 Å². The molecule has 2 aromatic carbocycles. The fraction of sp³-hybridized carbons (Fsp3) is 0.154. The second-order valence-electron chi connectivity index (χ2n) is 7.30. The van der Waals surface area contributed by atoms with E-state index in [9.17, 15) is 10.1 Å². The number of methoxy groups -OCH3 is 1. The molecule has 0 spiro atoms. The average Bonchev–Trinajstić information content (AvgIpc) is 3.36. The van der Waals surface area contributed by atoms with Gasteiger partial charge < -0.3 is 10.1 Å². The number of pyridine rings is 1. The van der Waals surface area contributed by atoms with Crippen molar-refractivity contribution < 1.29 is 9.53 Å². The number of amides is 1. The van der Waals surface area contributed by atoms with Crippen molar-refractivity contribution in [3.63, 3.8) is 0 Å². The molecule has 0 aliphatic rings. The fourth-order valence-corrected chi connectivity index (χ4v) is 4.97. The van der Waals surface area contributed by atoms with Gasteiger partial charge in [-0.05, 0) is 42.8 Å². The lowest BCUT2D eigenvalue weighted by atomic mass is 10.1. The third-order valence-corrected chi connectivity index (χ3v) is 7.21. The highest BCUT2D eigenvalue weighted by Crippen LogP contribution is 2.31. The van der Waals surface area contributed by atoms with Gasteiger partial charge in [-0.25, -0.2) is 9.97 Å². The molecule has 0 aliphatic heterocycles. The molecule has 0 saturated heterocycles. The first-order valence-electron chi connectivity index (χ1n) is 10.6. The molecule has 4 aromatic rings. The fourth-order valence-electron chi connectivity index (χ4n) is 3.25. The van der Waals surface area contributed by atoms with Crippen LogP contribution in [0.3, 0.4) is 0 Å². The lowest BCUT2D eigenvalue weighted by Gasteiger charge is -2.14. The number of carbonyl (C=O) groups is 1. The van der Waals surface area contributed by atoms with Crippen molar-refractivity contribution >= 4 is 34.1 Å². The first-order chi connectivity index (χ1) is 16.6. The number of hydrogen-bond donors (Lipinski definition) is 1. The van der Waals surface area contributed by atoms with Crippen molar-refractivity contribution in [2.45, 2.75) is 23.6 Å². The van der Waals surface area contributed by atoms with E-state index in [4.69, 9.17) is 9.72 Å². The van der Waals surface area contributed by atoms with Crippen molar-refractivity contribution in [1.29, 1.82) is 5.26 Å². The summed E-state index contributed by atoms with van der Waals surface area (Å²) in [5.41, 5.74) is 3.89. The second-order valence-corrected chi connectivity index (χ2v) is 9.35. The van der Waals surface area contributed by atoms with Crippen LogP contribution in [-0.4, -0.2) is 28.2 Å². The van der Waals surface area contributed by atoms with Gasteiger partial charge in [-0.2, -0.15) is 5.26 Å². The number of benzene rings is 2. The summed E-state index contributed by atoms with van der Waals surface area (Å²) in [6.07, 6.45) is 0.576. The van der Waals surface area contributed by atoms with E-state index >= 15 is 0 Å². The van der Waals surface area contributed by atoms with Crippen LogP contribution in [0.4, 0.5) is 5.13 Å². The molecule has 4 rings (SSSR count). The number of hydrogen-bond acceptors (Lipinski definition) is 7. The summed E-state index contributed by atoms with van der Waals surface area (Å²) in [6.45, 7) is 1.94. The van der Waals surface area contributed by atoms with Crippen LogP contribution in [0.15, 0.2) is 77.1 Å². The Morgan fingerprint density at radius 2 is 1.79 bits per heavy atom. The number of nitrogens with zero attached hydrogens (tertiary/aromatic N) is 3. The number of aromatic nitrogens is 2. The van der Waals surface area contributed by atoms with Gasteiger partial charge in [0.15, 0.2) is 5.13 Å². The Kier molecular flexibility index (Phi) is 7.58. The van der Waals surface area contributed by atoms with Crippen LogP contribution in [0.2, 0.25) is 0 Å². The number of thiazole rings is 1. The average molecular weight is 487 g/mol. The summed E-state index contributed by atoms with van der Waals surface area (Å²) >= 11 is 2.68. The van der Waals surface area contributed by atoms with Crippen LogP contribution in [0, 0.1) is 11.3 Å². The van der Waals surface area contributed by atoms with Gasteiger partial charge in [0, 0.05) is 16.5 Å². The Balaban J connectivity index is 1.51. The summed E-state index contributed by atoms with van der Waals surface area (Å²) in [5.74, 6) is 0.592. The summed E-state index contributed by atoms with van der Waals surface area (Å²) in [5, 5.41) is 15.1. The van der Waals surface area contributed by atoms with Crippen molar-refractivity contribution in [2.75, 3.05) is 12.4 Å². The number of carbonyl (C=O) groups excluding carboxylic acids is 1. The monoisotopic (exact) mass is 486 g/mol. The SMILES string of the molecule is CCC(Sc1nc(-c2ccc(OC)cc2)ccc1C#N)C(=O)Nc1nc(-c2ccccc2)cs1. The van der Waals surface area contributed by atoms with Gasteiger partial charge in [-0.1, -0.05) is 49.0 Å². The zero-order chi connectivity index (χ0) is 23.9. The van der Waals surface area contributed by atoms with E-state index in [-0.39, 0.29) is 5.91 Å². The molecule has 1 atom stereocenters. The minimum Gasteiger partial charge on any atom is -0.497 e. The third-order valence-electron chi connectivity index (χ3n) is 5.09. The van der Waals surface area contributed by atoms with Gasteiger partial charge in [-0.3, -0.25) is 4.79 Å².